The zero-order chi connectivity index (χ0) is 19.7. The highest BCUT2D eigenvalue weighted by atomic mass is 16.2. The van der Waals surface area contributed by atoms with E-state index in [0.29, 0.717) is 18.9 Å². The average Bonchev–Trinajstić information content (AvgIpc) is 3.49. The molecule has 28 heavy (non-hydrogen) atoms. The molecule has 150 valence electrons. The Kier molecular flexibility index (Phi) is 5.13. The van der Waals surface area contributed by atoms with E-state index in [1.165, 1.54) is 0 Å². The molecule has 4 rings (SSSR count). The minimum Gasteiger partial charge on any atom is -0.341 e. The van der Waals surface area contributed by atoms with Gasteiger partial charge in [0.15, 0.2) is 0 Å². The number of hydrogen-bond donors (Lipinski definition) is 1. The van der Waals surface area contributed by atoms with E-state index in [1.807, 2.05) is 36.1 Å². The number of benzene rings is 1. The number of aryl methyl sites for hydroxylation is 1. The maximum atomic E-state index is 13.4. The molecule has 1 spiro atoms. The first kappa shape index (κ1) is 19.0. The van der Waals surface area contributed by atoms with Gasteiger partial charge in [-0.05, 0) is 62.0 Å². The second-order valence-corrected chi connectivity index (χ2v) is 8.37. The van der Waals surface area contributed by atoms with Crippen LogP contribution in [0.5, 0.6) is 0 Å². The highest BCUT2D eigenvalue weighted by molar-refractivity contribution is 6.09. The third kappa shape index (κ3) is 3.40. The van der Waals surface area contributed by atoms with Crippen molar-refractivity contribution in [1.82, 2.24) is 15.1 Å². The van der Waals surface area contributed by atoms with E-state index < -0.39 is 11.6 Å². The van der Waals surface area contributed by atoms with Gasteiger partial charge in [-0.2, -0.15) is 0 Å². The highest BCUT2D eigenvalue weighted by Gasteiger charge is 2.53. The van der Waals surface area contributed by atoms with E-state index in [0.717, 1.165) is 61.1 Å². The van der Waals surface area contributed by atoms with Gasteiger partial charge in [0.05, 0.1) is 0 Å². The lowest BCUT2D eigenvalue weighted by molar-refractivity contribution is -0.139. The molecule has 2 fully saturated rings. The van der Waals surface area contributed by atoms with Crippen LogP contribution in [-0.4, -0.2) is 47.3 Å². The largest absolute Gasteiger partial charge is 0.341 e. The summed E-state index contributed by atoms with van der Waals surface area (Å²) in [7, 11) is 0. The molecule has 1 aromatic rings. The van der Waals surface area contributed by atoms with Crippen LogP contribution in [0.1, 0.15) is 56.6 Å². The molecule has 1 aliphatic heterocycles. The number of imide groups is 1. The van der Waals surface area contributed by atoms with Crippen molar-refractivity contribution in [3.8, 4) is 0 Å². The average molecular weight is 383 g/mol. The van der Waals surface area contributed by atoms with Crippen molar-refractivity contribution in [2.75, 3.05) is 19.6 Å². The summed E-state index contributed by atoms with van der Waals surface area (Å²) in [6, 6.07) is 7.42. The Labute approximate surface area is 166 Å². The number of urea groups is 1. The van der Waals surface area contributed by atoms with Crippen LogP contribution in [0.2, 0.25) is 0 Å². The second-order valence-electron chi connectivity index (χ2n) is 8.37. The van der Waals surface area contributed by atoms with Crippen molar-refractivity contribution in [2.24, 2.45) is 5.92 Å². The molecular formula is C22H29N3O3. The maximum Gasteiger partial charge on any atom is 0.325 e. The number of rotatable bonds is 6. The summed E-state index contributed by atoms with van der Waals surface area (Å²) in [5.74, 6) is 0.179. The van der Waals surface area contributed by atoms with Gasteiger partial charge >= 0.3 is 6.03 Å². The molecule has 1 saturated heterocycles. The quantitative estimate of drug-likeness (QED) is 0.768. The Morgan fingerprint density at radius 2 is 2.04 bits per heavy atom. The van der Waals surface area contributed by atoms with E-state index >= 15 is 0 Å². The Morgan fingerprint density at radius 1 is 1.25 bits per heavy atom. The number of carbonyl (C=O) groups is 3. The van der Waals surface area contributed by atoms with Gasteiger partial charge in [0.2, 0.25) is 5.91 Å². The molecule has 1 atom stereocenters. The number of nitrogens with one attached hydrogen (secondary N) is 1. The SMILES string of the molecule is CCCN(CC1CC1)C(=O)CN1C(=O)N[C@@]2(CCCCc3ccccc32)C1=O. The summed E-state index contributed by atoms with van der Waals surface area (Å²) in [6.07, 6.45) is 6.55. The third-order valence-corrected chi connectivity index (χ3v) is 6.22. The molecule has 1 heterocycles. The Balaban J connectivity index is 1.56. The van der Waals surface area contributed by atoms with Gasteiger partial charge in [-0.1, -0.05) is 31.2 Å². The van der Waals surface area contributed by atoms with E-state index in [-0.39, 0.29) is 18.4 Å². The molecule has 1 aromatic carbocycles. The molecule has 6 heteroatoms. The molecule has 2 aliphatic carbocycles. The van der Waals surface area contributed by atoms with E-state index in [9.17, 15) is 14.4 Å². The first-order valence-corrected chi connectivity index (χ1v) is 10.6. The first-order valence-electron chi connectivity index (χ1n) is 10.6. The normalized spacial score (nSPS) is 24.1. The van der Waals surface area contributed by atoms with E-state index in [4.69, 9.17) is 0 Å². The Bertz CT molecular complexity index is 789. The van der Waals surface area contributed by atoms with Gasteiger partial charge < -0.3 is 10.2 Å². The monoisotopic (exact) mass is 383 g/mol. The summed E-state index contributed by atoms with van der Waals surface area (Å²) in [5, 5.41) is 2.96. The van der Waals surface area contributed by atoms with Gasteiger partial charge in [-0.3, -0.25) is 14.5 Å². The lowest BCUT2D eigenvalue weighted by atomic mass is 9.84. The lowest BCUT2D eigenvalue weighted by Crippen LogP contribution is -2.46. The van der Waals surface area contributed by atoms with Crippen LogP contribution in [0.4, 0.5) is 4.79 Å². The van der Waals surface area contributed by atoms with Crippen LogP contribution in [0.3, 0.4) is 0 Å². The number of nitrogens with zero attached hydrogens (tertiary/aromatic N) is 2. The van der Waals surface area contributed by atoms with Crippen molar-refractivity contribution < 1.29 is 14.4 Å². The van der Waals surface area contributed by atoms with Crippen LogP contribution in [0.25, 0.3) is 0 Å². The van der Waals surface area contributed by atoms with Gasteiger partial charge in [0, 0.05) is 13.1 Å². The molecule has 6 nitrogen and oxygen atoms in total. The minimum atomic E-state index is -1.02. The molecular weight excluding hydrogens is 354 g/mol. The standard InChI is InChI=1S/C22H29N3O3/c1-2-13-24(14-16-10-11-16)19(26)15-25-20(27)22(23-21(25)28)12-6-5-8-17-7-3-4-9-18(17)22/h3-4,7,9,16H,2,5-6,8,10-15H2,1H3,(H,23,28)/t22-/m1/s1. The van der Waals surface area contributed by atoms with Crippen LogP contribution in [0, 0.1) is 5.92 Å². The summed E-state index contributed by atoms with van der Waals surface area (Å²) in [5.41, 5.74) is 0.989. The molecule has 1 N–H and O–H groups in total. The first-order chi connectivity index (χ1) is 13.5. The van der Waals surface area contributed by atoms with Crippen LogP contribution >= 0.6 is 0 Å². The van der Waals surface area contributed by atoms with Gasteiger partial charge in [0.1, 0.15) is 12.1 Å². The van der Waals surface area contributed by atoms with Crippen LogP contribution in [-0.2, 0) is 21.5 Å². The molecule has 0 radical (unpaired) electrons. The number of fused-ring (bicyclic) bond motifs is 2. The number of amides is 4. The zero-order valence-electron chi connectivity index (χ0n) is 16.6. The van der Waals surface area contributed by atoms with Gasteiger partial charge in [0.25, 0.3) is 5.91 Å². The Hall–Kier alpha value is -2.37. The zero-order valence-corrected chi connectivity index (χ0v) is 16.6. The van der Waals surface area contributed by atoms with Gasteiger partial charge in [-0.25, -0.2) is 4.79 Å². The van der Waals surface area contributed by atoms with Gasteiger partial charge in [-0.15, -0.1) is 0 Å². The van der Waals surface area contributed by atoms with Crippen LogP contribution in [0.15, 0.2) is 24.3 Å². The topological polar surface area (TPSA) is 69.7 Å². The van der Waals surface area contributed by atoms with Crippen LogP contribution < -0.4 is 5.32 Å². The van der Waals surface area contributed by atoms with Crippen molar-refractivity contribution in [1.29, 1.82) is 0 Å². The summed E-state index contributed by atoms with van der Waals surface area (Å²) < 4.78 is 0. The molecule has 0 unspecified atom stereocenters. The second kappa shape index (κ2) is 7.57. The number of hydrogen-bond acceptors (Lipinski definition) is 3. The number of carbonyl (C=O) groups excluding carboxylic acids is 3. The molecule has 0 aromatic heterocycles. The lowest BCUT2D eigenvalue weighted by Gasteiger charge is -2.28. The molecule has 0 bridgehead atoms. The maximum absolute atomic E-state index is 13.4. The van der Waals surface area contributed by atoms with E-state index in [2.05, 4.69) is 5.32 Å². The predicted octanol–water partition coefficient (Wildman–Crippen LogP) is 2.81. The van der Waals surface area contributed by atoms with E-state index in [1.54, 1.807) is 0 Å². The highest BCUT2D eigenvalue weighted by Crippen LogP contribution is 2.39. The molecule has 1 saturated carbocycles. The summed E-state index contributed by atoms with van der Waals surface area (Å²) in [4.78, 5) is 42.0. The predicted molar refractivity (Wildman–Crippen MR) is 106 cm³/mol. The Morgan fingerprint density at radius 3 is 2.79 bits per heavy atom. The van der Waals surface area contributed by atoms with Crippen molar-refractivity contribution in [3.05, 3.63) is 35.4 Å². The van der Waals surface area contributed by atoms with Crippen molar-refractivity contribution >= 4 is 17.8 Å². The summed E-state index contributed by atoms with van der Waals surface area (Å²) in [6.45, 7) is 3.29. The molecule has 3 aliphatic rings. The minimum absolute atomic E-state index is 0.129. The third-order valence-electron chi connectivity index (χ3n) is 6.22. The fourth-order valence-electron chi connectivity index (χ4n) is 4.55. The summed E-state index contributed by atoms with van der Waals surface area (Å²) >= 11 is 0. The van der Waals surface area contributed by atoms with Crippen molar-refractivity contribution in [3.63, 3.8) is 0 Å². The fourth-order valence-corrected chi connectivity index (χ4v) is 4.55. The fraction of sp³-hybridized carbons (Fsp3) is 0.591. The molecule has 4 amide bonds. The smallest absolute Gasteiger partial charge is 0.325 e. The van der Waals surface area contributed by atoms with Crippen molar-refractivity contribution in [2.45, 2.75) is 57.4 Å².